The van der Waals surface area contributed by atoms with Gasteiger partial charge in [-0.1, -0.05) is 42.5 Å². The number of likely N-dealkylation sites (tertiary alicyclic amines) is 1. The maximum Gasteiger partial charge on any atom is 0.309 e. The van der Waals surface area contributed by atoms with Crippen molar-refractivity contribution in [2.75, 3.05) is 13.1 Å². The molecule has 0 aromatic heterocycles. The third-order valence-corrected chi connectivity index (χ3v) is 4.57. The van der Waals surface area contributed by atoms with Gasteiger partial charge in [-0.05, 0) is 34.2 Å². The van der Waals surface area contributed by atoms with E-state index in [1.54, 1.807) is 0 Å². The Hall–Kier alpha value is -2.13. The normalized spacial score (nSPS) is 17.1. The van der Waals surface area contributed by atoms with Crippen molar-refractivity contribution in [1.82, 2.24) is 4.90 Å². The average Bonchev–Trinajstić information content (AvgIpc) is 2.79. The fraction of sp³-hybridized carbons (Fsp3) is 0.278. The molecule has 1 N–H and O–H groups in total. The molecule has 0 atom stereocenters. The summed E-state index contributed by atoms with van der Waals surface area (Å²) in [5.41, 5.74) is 6.78. The molecule has 1 heterocycles. The Bertz CT molecular complexity index is 717. The van der Waals surface area contributed by atoms with E-state index < -0.39 is 5.97 Å². The van der Waals surface area contributed by atoms with Gasteiger partial charge >= 0.3 is 5.97 Å². The predicted molar refractivity (Wildman–Crippen MR) is 81.1 cm³/mol. The van der Waals surface area contributed by atoms with Crippen molar-refractivity contribution in [3.63, 3.8) is 0 Å². The van der Waals surface area contributed by atoms with Gasteiger partial charge in [0.05, 0.1) is 5.92 Å². The summed E-state index contributed by atoms with van der Waals surface area (Å²) in [6.45, 7) is 2.20. The number of hydrogen-bond acceptors (Lipinski definition) is 2. The number of carbonyl (C=O) groups is 1. The summed E-state index contributed by atoms with van der Waals surface area (Å²) in [6.07, 6.45) is 1.01. The second-order valence-corrected chi connectivity index (χ2v) is 6.05. The molecule has 1 aliphatic carbocycles. The molecule has 0 unspecified atom stereocenters. The lowest BCUT2D eigenvalue weighted by Crippen LogP contribution is -2.49. The molecule has 0 bridgehead atoms. The number of fused-ring (bicyclic) bond motifs is 3. The first kappa shape index (κ1) is 12.6. The molecule has 3 nitrogen and oxygen atoms in total. The van der Waals surface area contributed by atoms with E-state index in [0.717, 1.165) is 13.0 Å². The van der Waals surface area contributed by atoms with E-state index in [0.29, 0.717) is 13.1 Å². The first-order chi connectivity index (χ1) is 10.2. The molecule has 0 saturated carbocycles. The Balaban J connectivity index is 1.51. The van der Waals surface area contributed by atoms with Crippen molar-refractivity contribution < 1.29 is 9.90 Å². The van der Waals surface area contributed by atoms with Crippen LogP contribution in [0.3, 0.4) is 0 Å². The molecular formula is C18H17NO2. The Kier molecular flexibility index (Phi) is 2.82. The maximum atomic E-state index is 10.8. The van der Waals surface area contributed by atoms with Crippen LogP contribution in [0.25, 0.3) is 11.1 Å². The first-order valence-corrected chi connectivity index (χ1v) is 7.36. The van der Waals surface area contributed by atoms with Crippen LogP contribution in [-0.4, -0.2) is 29.1 Å². The van der Waals surface area contributed by atoms with Gasteiger partial charge in [0.25, 0.3) is 0 Å². The lowest BCUT2D eigenvalue weighted by molar-refractivity contribution is -0.147. The largest absolute Gasteiger partial charge is 0.481 e. The average molecular weight is 279 g/mol. The number of benzene rings is 2. The van der Waals surface area contributed by atoms with E-state index in [-0.39, 0.29) is 5.92 Å². The SMILES string of the molecule is O=C(O)C1CN(Cc2ccc3c(c2)Cc2ccccc2-3)C1. The lowest BCUT2D eigenvalue weighted by atomic mass is 9.98. The van der Waals surface area contributed by atoms with E-state index in [9.17, 15) is 4.79 Å². The highest BCUT2D eigenvalue weighted by atomic mass is 16.4. The van der Waals surface area contributed by atoms with Gasteiger partial charge in [0.15, 0.2) is 0 Å². The van der Waals surface area contributed by atoms with E-state index in [1.165, 1.54) is 27.8 Å². The third-order valence-electron chi connectivity index (χ3n) is 4.57. The second kappa shape index (κ2) is 4.71. The smallest absolute Gasteiger partial charge is 0.309 e. The van der Waals surface area contributed by atoms with Crippen molar-refractivity contribution in [1.29, 1.82) is 0 Å². The molecular weight excluding hydrogens is 262 g/mol. The van der Waals surface area contributed by atoms with Crippen molar-refractivity contribution in [3.05, 3.63) is 59.2 Å². The summed E-state index contributed by atoms with van der Waals surface area (Å²) in [5, 5.41) is 8.92. The van der Waals surface area contributed by atoms with E-state index >= 15 is 0 Å². The van der Waals surface area contributed by atoms with E-state index in [1.807, 2.05) is 0 Å². The summed E-state index contributed by atoms with van der Waals surface area (Å²) in [4.78, 5) is 13.0. The molecule has 1 saturated heterocycles. The zero-order chi connectivity index (χ0) is 14.4. The fourth-order valence-corrected chi connectivity index (χ4v) is 3.41. The highest BCUT2D eigenvalue weighted by Gasteiger charge is 2.32. The van der Waals surface area contributed by atoms with E-state index in [4.69, 9.17) is 5.11 Å². The molecule has 1 aliphatic heterocycles. The van der Waals surface area contributed by atoms with Crippen molar-refractivity contribution >= 4 is 5.97 Å². The summed E-state index contributed by atoms with van der Waals surface area (Å²) < 4.78 is 0. The summed E-state index contributed by atoms with van der Waals surface area (Å²) >= 11 is 0. The number of carboxylic acid groups (broad SMARTS) is 1. The van der Waals surface area contributed by atoms with Gasteiger partial charge in [-0.2, -0.15) is 0 Å². The van der Waals surface area contributed by atoms with Gasteiger partial charge in [-0.3, -0.25) is 9.69 Å². The highest BCUT2D eigenvalue weighted by molar-refractivity contribution is 5.77. The summed E-state index contributed by atoms with van der Waals surface area (Å²) in [5.74, 6) is -0.848. The van der Waals surface area contributed by atoms with Gasteiger partial charge in [-0.25, -0.2) is 0 Å². The summed E-state index contributed by atoms with van der Waals surface area (Å²) in [7, 11) is 0. The molecule has 2 aromatic rings. The Labute approximate surface area is 123 Å². The number of aliphatic carboxylic acids is 1. The molecule has 2 aliphatic rings. The van der Waals surface area contributed by atoms with Gasteiger partial charge in [0, 0.05) is 19.6 Å². The number of nitrogens with zero attached hydrogens (tertiary/aromatic N) is 1. The van der Waals surface area contributed by atoms with Crippen LogP contribution >= 0.6 is 0 Å². The molecule has 0 spiro atoms. The van der Waals surface area contributed by atoms with Crippen LogP contribution in [0.15, 0.2) is 42.5 Å². The van der Waals surface area contributed by atoms with Crippen molar-refractivity contribution in [3.8, 4) is 11.1 Å². The Morgan fingerprint density at radius 1 is 1.10 bits per heavy atom. The quantitative estimate of drug-likeness (QED) is 0.801. The van der Waals surface area contributed by atoms with Crippen molar-refractivity contribution in [2.45, 2.75) is 13.0 Å². The number of rotatable bonds is 3. The van der Waals surface area contributed by atoms with Gasteiger partial charge in [0.1, 0.15) is 0 Å². The molecule has 2 aromatic carbocycles. The molecule has 106 valence electrons. The second-order valence-electron chi connectivity index (χ2n) is 6.05. The van der Waals surface area contributed by atoms with Crippen LogP contribution in [0, 0.1) is 5.92 Å². The zero-order valence-corrected chi connectivity index (χ0v) is 11.7. The molecule has 4 rings (SSSR count). The van der Waals surface area contributed by atoms with Crippen LogP contribution in [-0.2, 0) is 17.8 Å². The Morgan fingerprint density at radius 2 is 1.86 bits per heavy atom. The molecule has 1 fully saturated rings. The third kappa shape index (κ3) is 2.14. The fourth-order valence-electron chi connectivity index (χ4n) is 3.41. The number of carboxylic acids is 1. The lowest BCUT2D eigenvalue weighted by Gasteiger charge is -2.36. The predicted octanol–water partition coefficient (Wildman–Crippen LogP) is 2.77. The minimum absolute atomic E-state index is 0.177. The minimum Gasteiger partial charge on any atom is -0.481 e. The summed E-state index contributed by atoms with van der Waals surface area (Å²) in [6, 6.07) is 15.2. The first-order valence-electron chi connectivity index (χ1n) is 7.36. The monoisotopic (exact) mass is 279 g/mol. The standard InChI is InChI=1S/C18H17NO2/c20-18(21)15-10-19(11-15)9-12-5-6-17-14(7-12)8-13-3-1-2-4-16(13)17/h1-7,15H,8-11H2,(H,20,21). The van der Waals surface area contributed by atoms with Crippen LogP contribution in [0.4, 0.5) is 0 Å². The molecule has 3 heteroatoms. The van der Waals surface area contributed by atoms with Crippen LogP contribution in [0.1, 0.15) is 16.7 Å². The van der Waals surface area contributed by atoms with Gasteiger partial charge < -0.3 is 5.11 Å². The molecule has 0 amide bonds. The van der Waals surface area contributed by atoms with Crippen LogP contribution in [0.2, 0.25) is 0 Å². The maximum absolute atomic E-state index is 10.8. The number of hydrogen-bond donors (Lipinski definition) is 1. The highest BCUT2D eigenvalue weighted by Crippen LogP contribution is 2.37. The van der Waals surface area contributed by atoms with Crippen LogP contribution in [0.5, 0.6) is 0 Å². The molecule has 21 heavy (non-hydrogen) atoms. The van der Waals surface area contributed by atoms with E-state index in [2.05, 4.69) is 47.4 Å². The minimum atomic E-state index is -0.671. The van der Waals surface area contributed by atoms with Gasteiger partial charge in [0.2, 0.25) is 0 Å². The van der Waals surface area contributed by atoms with Gasteiger partial charge in [-0.15, -0.1) is 0 Å². The van der Waals surface area contributed by atoms with Crippen molar-refractivity contribution in [2.24, 2.45) is 5.92 Å². The topological polar surface area (TPSA) is 40.5 Å². The molecule has 0 radical (unpaired) electrons. The van der Waals surface area contributed by atoms with Crippen LogP contribution < -0.4 is 0 Å². The zero-order valence-electron chi connectivity index (χ0n) is 11.7. The Morgan fingerprint density at radius 3 is 2.67 bits per heavy atom.